The molecule has 2 rings (SSSR count). The number of amides is 2. The Kier molecular flexibility index (Phi) is 4.22. The molecule has 1 aromatic rings. The molecule has 0 spiro atoms. The molecule has 1 aliphatic carbocycles. The van der Waals surface area contributed by atoms with Gasteiger partial charge < -0.3 is 16.0 Å². The summed E-state index contributed by atoms with van der Waals surface area (Å²) in [5.74, 6) is 0.333. The molecule has 3 N–H and O–H groups in total. The minimum atomic E-state index is -0.541. The molecule has 6 nitrogen and oxygen atoms in total. The van der Waals surface area contributed by atoms with Gasteiger partial charge in [-0.05, 0) is 31.4 Å². The Hall–Kier alpha value is -2.11. The highest BCUT2D eigenvalue weighted by Gasteiger charge is 2.30. The first-order valence-corrected chi connectivity index (χ1v) is 6.72. The van der Waals surface area contributed by atoms with Crippen LogP contribution in [0.25, 0.3) is 0 Å². The van der Waals surface area contributed by atoms with Crippen molar-refractivity contribution >= 4 is 17.6 Å². The molecule has 1 aliphatic rings. The SMILES string of the molecule is CN(C)C(=O)[C@@H]1CC[C@H](Nc2cccc(C(N)=O)n2)C1. The molecule has 0 aromatic carbocycles. The molecule has 108 valence electrons. The molecule has 1 heterocycles. The minimum absolute atomic E-state index is 0.0711. The van der Waals surface area contributed by atoms with Crippen LogP contribution in [0.2, 0.25) is 0 Å². The number of carbonyl (C=O) groups excluding carboxylic acids is 2. The smallest absolute Gasteiger partial charge is 0.267 e. The summed E-state index contributed by atoms with van der Waals surface area (Å²) in [7, 11) is 3.56. The van der Waals surface area contributed by atoms with E-state index in [2.05, 4.69) is 10.3 Å². The van der Waals surface area contributed by atoms with E-state index < -0.39 is 5.91 Å². The molecule has 1 aromatic heterocycles. The van der Waals surface area contributed by atoms with Crippen LogP contribution in [0.1, 0.15) is 29.8 Å². The minimum Gasteiger partial charge on any atom is -0.367 e. The van der Waals surface area contributed by atoms with Gasteiger partial charge in [0.15, 0.2) is 0 Å². The Morgan fingerprint density at radius 3 is 2.75 bits per heavy atom. The van der Waals surface area contributed by atoms with Gasteiger partial charge in [0.05, 0.1) is 0 Å². The number of hydrogen-bond acceptors (Lipinski definition) is 4. The van der Waals surface area contributed by atoms with Crippen molar-refractivity contribution in [3.05, 3.63) is 23.9 Å². The standard InChI is InChI=1S/C14H20N4O2/c1-18(2)14(20)9-6-7-10(8-9)16-12-5-3-4-11(17-12)13(15)19/h3-5,9-10H,6-8H2,1-2H3,(H2,15,19)(H,16,17)/t9-,10+/m1/s1. The second kappa shape index (κ2) is 5.90. The van der Waals surface area contributed by atoms with Crippen LogP contribution in [0.15, 0.2) is 18.2 Å². The van der Waals surface area contributed by atoms with Crippen LogP contribution < -0.4 is 11.1 Å². The monoisotopic (exact) mass is 276 g/mol. The number of pyridine rings is 1. The van der Waals surface area contributed by atoms with Crippen LogP contribution in [0, 0.1) is 5.92 Å². The van der Waals surface area contributed by atoms with Crippen LogP contribution in [0.5, 0.6) is 0 Å². The van der Waals surface area contributed by atoms with Gasteiger partial charge in [-0.1, -0.05) is 6.07 Å². The van der Waals surface area contributed by atoms with Crippen molar-refractivity contribution in [3.8, 4) is 0 Å². The highest BCUT2D eigenvalue weighted by molar-refractivity contribution is 5.91. The molecule has 1 fully saturated rings. The maximum atomic E-state index is 11.9. The molecule has 2 atom stereocenters. The third-order valence-corrected chi connectivity index (χ3v) is 3.58. The first kappa shape index (κ1) is 14.3. The van der Waals surface area contributed by atoms with E-state index in [9.17, 15) is 9.59 Å². The fraction of sp³-hybridized carbons (Fsp3) is 0.500. The van der Waals surface area contributed by atoms with Crippen molar-refractivity contribution in [1.82, 2.24) is 9.88 Å². The topological polar surface area (TPSA) is 88.3 Å². The lowest BCUT2D eigenvalue weighted by Gasteiger charge is -2.17. The van der Waals surface area contributed by atoms with Crippen molar-refractivity contribution in [2.24, 2.45) is 11.7 Å². The first-order valence-electron chi connectivity index (χ1n) is 6.72. The Morgan fingerprint density at radius 1 is 1.35 bits per heavy atom. The van der Waals surface area contributed by atoms with E-state index in [4.69, 9.17) is 5.73 Å². The maximum absolute atomic E-state index is 11.9. The van der Waals surface area contributed by atoms with Gasteiger partial charge in [0.25, 0.3) is 5.91 Å². The maximum Gasteiger partial charge on any atom is 0.267 e. The van der Waals surface area contributed by atoms with Gasteiger partial charge in [0.2, 0.25) is 5.91 Å². The van der Waals surface area contributed by atoms with Crippen molar-refractivity contribution < 1.29 is 9.59 Å². The second-order valence-corrected chi connectivity index (χ2v) is 5.36. The molecule has 0 bridgehead atoms. The summed E-state index contributed by atoms with van der Waals surface area (Å²) in [5, 5.41) is 3.27. The highest BCUT2D eigenvalue weighted by atomic mass is 16.2. The Bertz CT molecular complexity index is 516. The van der Waals surface area contributed by atoms with E-state index in [0.29, 0.717) is 5.82 Å². The van der Waals surface area contributed by atoms with Gasteiger partial charge in [-0.15, -0.1) is 0 Å². The molecule has 0 unspecified atom stereocenters. The summed E-state index contributed by atoms with van der Waals surface area (Å²) < 4.78 is 0. The van der Waals surface area contributed by atoms with E-state index in [1.165, 1.54) is 0 Å². The van der Waals surface area contributed by atoms with Gasteiger partial charge in [-0.2, -0.15) is 0 Å². The number of hydrogen-bond donors (Lipinski definition) is 2. The normalized spacial score (nSPS) is 21.5. The molecular formula is C14H20N4O2. The summed E-state index contributed by atoms with van der Waals surface area (Å²) in [6.07, 6.45) is 2.59. The third kappa shape index (κ3) is 3.26. The fourth-order valence-electron chi connectivity index (χ4n) is 2.56. The number of anilines is 1. The van der Waals surface area contributed by atoms with E-state index in [1.54, 1.807) is 37.2 Å². The molecule has 2 amide bonds. The zero-order chi connectivity index (χ0) is 14.7. The second-order valence-electron chi connectivity index (χ2n) is 5.36. The van der Waals surface area contributed by atoms with E-state index in [0.717, 1.165) is 19.3 Å². The number of nitrogens with two attached hydrogens (primary N) is 1. The lowest BCUT2D eigenvalue weighted by Crippen LogP contribution is -2.29. The van der Waals surface area contributed by atoms with Crippen LogP contribution in [0.4, 0.5) is 5.82 Å². The van der Waals surface area contributed by atoms with Crippen LogP contribution in [-0.4, -0.2) is 41.8 Å². The third-order valence-electron chi connectivity index (χ3n) is 3.58. The molecular weight excluding hydrogens is 256 g/mol. The zero-order valence-electron chi connectivity index (χ0n) is 11.8. The predicted molar refractivity (Wildman–Crippen MR) is 76.2 cm³/mol. The number of nitrogens with zero attached hydrogens (tertiary/aromatic N) is 2. The Labute approximate surface area is 118 Å². The number of primary amides is 1. The lowest BCUT2D eigenvalue weighted by molar-refractivity contribution is -0.132. The van der Waals surface area contributed by atoms with Crippen LogP contribution in [0.3, 0.4) is 0 Å². The molecule has 0 aliphatic heterocycles. The average Bonchev–Trinajstić information content (AvgIpc) is 2.86. The van der Waals surface area contributed by atoms with Gasteiger partial charge in [0.1, 0.15) is 11.5 Å². The van der Waals surface area contributed by atoms with Crippen LogP contribution >= 0.6 is 0 Å². The van der Waals surface area contributed by atoms with Crippen molar-refractivity contribution in [2.45, 2.75) is 25.3 Å². The molecule has 20 heavy (non-hydrogen) atoms. The molecule has 0 saturated heterocycles. The van der Waals surface area contributed by atoms with Gasteiger partial charge in [-0.3, -0.25) is 9.59 Å². The van der Waals surface area contributed by atoms with Crippen molar-refractivity contribution in [1.29, 1.82) is 0 Å². The average molecular weight is 276 g/mol. The van der Waals surface area contributed by atoms with E-state index in [-0.39, 0.29) is 23.6 Å². The summed E-state index contributed by atoms with van der Waals surface area (Å²) >= 11 is 0. The van der Waals surface area contributed by atoms with Gasteiger partial charge >= 0.3 is 0 Å². The number of rotatable bonds is 4. The summed E-state index contributed by atoms with van der Waals surface area (Å²) in [6.45, 7) is 0. The summed E-state index contributed by atoms with van der Waals surface area (Å²) in [4.78, 5) is 28.8. The summed E-state index contributed by atoms with van der Waals surface area (Å²) in [5.41, 5.74) is 5.45. The molecule has 6 heteroatoms. The van der Waals surface area contributed by atoms with Crippen molar-refractivity contribution in [2.75, 3.05) is 19.4 Å². The number of nitrogens with one attached hydrogen (secondary N) is 1. The Morgan fingerprint density at radius 2 is 2.10 bits per heavy atom. The quantitative estimate of drug-likeness (QED) is 0.853. The fourth-order valence-corrected chi connectivity index (χ4v) is 2.56. The zero-order valence-corrected chi connectivity index (χ0v) is 11.8. The van der Waals surface area contributed by atoms with Crippen molar-refractivity contribution in [3.63, 3.8) is 0 Å². The van der Waals surface area contributed by atoms with E-state index in [1.807, 2.05) is 0 Å². The van der Waals surface area contributed by atoms with Gasteiger partial charge in [-0.25, -0.2) is 4.98 Å². The largest absolute Gasteiger partial charge is 0.367 e. The summed E-state index contributed by atoms with van der Waals surface area (Å²) in [6, 6.07) is 5.33. The first-order chi connectivity index (χ1) is 9.47. The molecule has 1 saturated carbocycles. The van der Waals surface area contributed by atoms with Crippen LogP contribution in [-0.2, 0) is 4.79 Å². The van der Waals surface area contributed by atoms with E-state index >= 15 is 0 Å². The highest BCUT2D eigenvalue weighted by Crippen LogP contribution is 2.28. The lowest BCUT2D eigenvalue weighted by atomic mass is 10.1. The Balaban J connectivity index is 1.97. The number of aromatic nitrogens is 1. The predicted octanol–water partition coefficient (Wildman–Crippen LogP) is 0.849. The van der Waals surface area contributed by atoms with Gasteiger partial charge in [0, 0.05) is 26.1 Å². The molecule has 0 radical (unpaired) electrons. The number of carbonyl (C=O) groups is 2.